The van der Waals surface area contributed by atoms with Crippen molar-refractivity contribution in [2.45, 2.75) is 18.9 Å². The number of rotatable bonds is 6. The lowest BCUT2D eigenvalue weighted by Crippen LogP contribution is -2.40. The first-order chi connectivity index (χ1) is 12.7. The summed E-state index contributed by atoms with van der Waals surface area (Å²) in [7, 11) is 0. The molecule has 0 N–H and O–H groups in total. The summed E-state index contributed by atoms with van der Waals surface area (Å²) in [4.78, 5) is 11.2. The maximum Gasteiger partial charge on any atom is 0.133 e. The minimum atomic E-state index is -0.438. The maximum absolute atomic E-state index is 13.3. The highest BCUT2D eigenvalue weighted by Gasteiger charge is 2.22. The lowest BCUT2D eigenvalue weighted by atomic mass is 10.0. The number of benzene rings is 1. The van der Waals surface area contributed by atoms with Crippen molar-refractivity contribution in [3.05, 3.63) is 51.7 Å². The van der Waals surface area contributed by atoms with Crippen molar-refractivity contribution < 1.29 is 9.13 Å². The fourth-order valence-electron chi connectivity index (χ4n) is 2.94. The molecule has 1 saturated heterocycles. The third kappa shape index (κ3) is 4.73. The van der Waals surface area contributed by atoms with Gasteiger partial charge < -0.3 is 4.74 Å². The summed E-state index contributed by atoms with van der Waals surface area (Å²) in [6.45, 7) is 5.40. The largest absolute Gasteiger partial charge is 0.379 e. The van der Waals surface area contributed by atoms with Gasteiger partial charge >= 0.3 is 0 Å². The molecule has 2 aromatic rings. The molecule has 0 bridgehead atoms. The van der Waals surface area contributed by atoms with Crippen LogP contribution in [0, 0.1) is 24.1 Å². The number of morpholine rings is 1. The van der Waals surface area contributed by atoms with Crippen LogP contribution < -0.4 is 0 Å². The zero-order chi connectivity index (χ0) is 18.4. The minimum Gasteiger partial charge on any atom is -0.379 e. The normalized spacial score (nSPS) is 17.9. The Morgan fingerprint density at radius 3 is 2.73 bits per heavy atom. The number of hydrogen-bond acceptors (Lipinski definition) is 6. The molecular weight excluding hydrogens is 351 g/mol. The monoisotopic (exact) mass is 372 g/mol. The molecule has 2 heterocycles. The van der Waals surface area contributed by atoms with Gasteiger partial charge in [0.05, 0.1) is 31.9 Å². The molecule has 0 unspecified atom stereocenters. The van der Waals surface area contributed by atoms with Crippen LogP contribution in [0.25, 0.3) is 0 Å². The van der Waals surface area contributed by atoms with Crippen molar-refractivity contribution in [1.82, 2.24) is 9.88 Å². The van der Waals surface area contributed by atoms with E-state index in [9.17, 15) is 9.65 Å². The van der Waals surface area contributed by atoms with Gasteiger partial charge in [-0.25, -0.2) is 9.37 Å². The molecule has 7 heteroatoms. The number of ether oxygens (including phenoxy) is 1. The molecule has 1 aromatic heterocycles. The van der Waals surface area contributed by atoms with E-state index in [1.54, 1.807) is 18.3 Å². The first-order valence-corrected chi connectivity index (χ1v) is 9.44. The predicted octanol–water partition coefficient (Wildman–Crippen LogP) is 3.34. The number of aromatic nitrogens is 1. The summed E-state index contributed by atoms with van der Waals surface area (Å²) < 4.78 is 18.7. The van der Waals surface area contributed by atoms with Crippen molar-refractivity contribution >= 4 is 17.6 Å². The number of thiazole rings is 1. The molecule has 3 rings (SSSR count). The fraction of sp³-hybridized carbons (Fsp3) is 0.421. The molecular formula is C19H21FN4OS. The highest BCUT2D eigenvalue weighted by Crippen LogP contribution is 2.23. The van der Waals surface area contributed by atoms with Gasteiger partial charge in [-0.3, -0.25) is 9.89 Å². The van der Waals surface area contributed by atoms with E-state index in [4.69, 9.17) is 4.74 Å². The Labute approximate surface area is 156 Å². The molecule has 1 aliphatic heterocycles. The number of aliphatic imine (C=N–C) groups is 1. The summed E-state index contributed by atoms with van der Waals surface area (Å²) >= 11 is 1.47. The third-order valence-corrected chi connectivity index (χ3v) is 5.36. The third-order valence-electron chi connectivity index (χ3n) is 4.32. The van der Waals surface area contributed by atoms with Crippen LogP contribution in [0.4, 0.5) is 4.39 Å². The number of nitriles is 1. The van der Waals surface area contributed by atoms with Crippen molar-refractivity contribution in [2.75, 3.05) is 32.8 Å². The average molecular weight is 372 g/mol. The van der Waals surface area contributed by atoms with Gasteiger partial charge in [0.1, 0.15) is 16.7 Å². The van der Waals surface area contributed by atoms with Crippen LogP contribution in [-0.2, 0) is 4.74 Å². The fourth-order valence-corrected chi connectivity index (χ4v) is 3.74. The molecule has 0 amide bonds. The average Bonchev–Trinajstić information content (AvgIpc) is 3.10. The van der Waals surface area contributed by atoms with Gasteiger partial charge in [0.15, 0.2) is 0 Å². The Hall–Kier alpha value is -2.14. The van der Waals surface area contributed by atoms with Crippen LogP contribution >= 0.6 is 11.3 Å². The standard InChI is InChI=1S/C19H21FN4OS/c1-14-13-26-19(23-14)16(10-21)11-22-12-18(24-6-8-25-9-7-24)15-2-4-17(20)5-3-15/h2-5,11,13,16,18H,6-9,12H2,1H3/t16-,18+/m1/s1. The molecule has 1 aliphatic rings. The van der Waals surface area contributed by atoms with Gasteiger partial charge in [0.25, 0.3) is 0 Å². The zero-order valence-corrected chi connectivity index (χ0v) is 15.5. The summed E-state index contributed by atoms with van der Waals surface area (Å²) in [5, 5.41) is 12.1. The van der Waals surface area contributed by atoms with Crippen LogP contribution in [0.3, 0.4) is 0 Å². The summed E-state index contributed by atoms with van der Waals surface area (Å²) in [6, 6.07) is 8.84. The van der Waals surface area contributed by atoms with Gasteiger partial charge in [-0.15, -0.1) is 11.3 Å². The first-order valence-electron chi connectivity index (χ1n) is 8.56. The van der Waals surface area contributed by atoms with Gasteiger partial charge in [-0.05, 0) is 24.6 Å². The molecule has 0 saturated carbocycles. The van der Waals surface area contributed by atoms with E-state index >= 15 is 0 Å². The maximum atomic E-state index is 13.3. The topological polar surface area (TPSA) is 61.5 Å². The molecule has 0 aliphatic carbocycles. The molecule has 2 atom stereocenters. The van der Waals surface area contributed by atoms with Gasteiger partial charge in [0, 0.05) is 30.4 Å². The molecule has 1 aromatic carbocycles. The minimum absolute atomic E-state index is 0.0353. The van der Waals surface area contributed by atoms with E-state index < -0.39 is 5.92 Å². The Bertz CT molecular complexity index is 778. The SMILES string of the molecule is Cc1csc([C@H](C#N)C=NC[C@@H](c2ccc(F)cc2)N2CCOCC2)n1. The van der Waals surface area contributed by atoms with E-state index in [0.29, 0.717) is 19.8 Å². The number of nitrogens with zero attached hydrogens (tertiary/aromatic N) is 4. The smallest absolute Gasteiger partial charge is 0.133 e. The van der Waals surface area contributed by atoms with Gasteiger partial charge in [-0.2, -0.15) is 5.26 Å². The molecule has 136 valence electrons. The van der Waals surface area contributed by atoms with Crippen molar-refractivity contribution in [3.63, 3.8) is 0 Å². The number of halogens is 1. The molecule has 5 nitrogen and oxygen atoms in total. The van der Waals surface area contributed by atoms with Crippen LogP contribution in [-0.4, -0.2) is 48.9 Å². The summed E-state index contributed by atoms with van der Waals surface area (Å²) in [6.07, 6.45) is 1.68. The van der Waals surface area contributed by atoms with Crippen LogP contribution in [0.2, 0.25) is 0 Å². The Morgan fingerprint density at radius 1 is 1.38 bits per heavy atom. The van der Waals surface area contributed by atoms with Crippen molar-refractivity contribution in [3.8, 4) is 6.07 Å². The van der Waals surface area contributed by atoms with Crippen molar-refractivity contribution in [1.29, 1.82) is 5.26 Å². The molecule has 0 spiro atoms. The van der Waals surface area contributed by atoms with E-state index in [2.05, 4.69) is 20.9 Å². The van der Waals surface area contributed by atoms with Crippen LogP contribution in [0.1, 0.15) is 28.2 Å². The van der Waals surface area contributed by atoms with E-state index in [1.165, 1.54) is 23.5 Å². The lowest BCUT2D eigenvalue weighted by molar-refractivity contribution is 0.0180. The number of hydrogen-bond donors (Lipinski definition) is 0. The van der Waals surface area contributed by atoms with E-state index in [0.717, 1.165) is 29.4 Å². The van der Waals surface area contributed by atoms with E-state index in [1.807, 2.05) is 12.3 Å². The van der Waals surface area contributed by atoms with Gasteiger partial charge in [0.2, 0.25) is 0 Å². The lowest BCUT2D eigenvalue weighted by Gasteiger charge is -2.34. The first kappa shape index (κ1) is 18.6. The number of aryl methyl sites for hydroxylation is 1. The Balaban J connectivity index is 1.74. The second kappa shape index (κ2) is 8.99. The summed E-state index contributed by atoms with van der Waals surface area (Å²) in [5.74, 6) is -0.686. The highest BCUT2D eigenvalue weighted by atomic mass is 32.1. The van der Waals surface area contributed by atoms with E-state index in [-0.39, 0.29) is 11.9 Å². The Kier molecular flexibility index (Phi) is 6.45. The zero-order valence-electron chi connectivity index (χ0n) is 14.6. The molecule has 0 radical (unpaired) electrons. The second-order valence-corrected chi connectivity index (χ2v) is 7.05. The molecule has 1 fully saturated rings. The predicted molar refractivity (Wildman–Crippen MR) is 100 cm³/mol. The molecule has 26 heavy (non-hydrogen) atoms. The van der Waals surface area contributed by atoms with Crippen molar-refractivity contribution in [2.24, 2.45) is 4.99 Å². The highest BCUT2D eigenvalue weighted by molar-refractivity contribution is 7.09. The summed E-state index contributed by atoms with van der Waals surface area (Å²) in [5.41, 5.74) is 1.93. The second-order valence-electron chi connectivity index (χ2n) is 6.16. The quantitative estimate of drug-likeness (QED) is 0.730. The van der Waals surface area contributed by atoms with Crippen LogP contribution in [0.15, 0.2) is 34.6 Å². The van der Waals surface area contributed by atoms with Gasteiger partial charge in [-0.1, -0.05) is 12.1 Å². The Morgan fingerprint density at radius 2 is 2.12 bits per heavy atom. The van der Waals surface area contributed by atoms with Crippen LogP contribution in [0.5, 0.6) is 0 Å².